The second kappa shape index (κ2) is 48.0. The van der Waals surface area contributed by atoms with E-state index < -0.39 is 0 Å². The summed E-state index contributed by atoms with van der Waals surface area (Å²) in [7, 11) is 0. The molecule has 16 rings (SSSR count). The van der Waals surface area contributed by atoms with Crippen LogP contribution in [0.3, 0.4) is 0 Å². The van der Waals surface area contributed by atoms with Gasteiger partial charge in [0.2, 0.25) is 0 Å². The Labute approximate surface area is 817 Å². The molecule has 3 aliphatic rings. The van der Waals surface area contributed by atoms with Crippen molar-refractivity contribution in [3.63, 3.8) is 0 Å². The first kappa shape index (κ1) is 104. The Morgan fingerprint density at radius 3 is 0.836 bits per heavy atom. The van der Waals surface area contributed by atoms with Crippen molar-refractivity contribution in [1.82, 2.24) is 0 Å². The zero-order valence-corrected chi connectivity index (χ0v) is 88.7. The molecule has 0 heteroatoms. The minimum absolute atomic E-state index is 0.0883. The first-order valence-electron chi connectivity index (χ1n) is 52.4. The van der Waals surface area contributed by atoms with Crippen molar-refractivity contribution in [2.24, 2.45) is 0 Å². The molecule has 0 amide bonds. The number of unbranched alkanes of at least 4 members (excludes halogenated alkanes) is 15. The van der Waals surface area contributed by atoms with Crippen molar-refractivity contribution in [1.29, 1.82) is 0 Å². The van der Waals surface area contributed by atoms with Crippen LogP contribution in [0, 0.1) is 104 Å². The van der Waals surface area contributed by atoms with Gasteiger partial charge in [-0.25, -0.2) is 0 Å². The summed E-state index contributed by atoms with van der Waals surface area (Å²) in [6.45, 7) is 61.2. The SMILES string of the molecule is CCCCCCc1cc(C)c(C)cc1C.CCCCCCc1cc(C)c(CCCCCC)cc1C.CCCCCCc1cc(CCCCCC)cc(C2(C)c3cc(C)c(C)cc3-c3cc(C)c(C)cc32)c1.Cc1cc(-c2ccccc2)c(C)cc1-c1ccccc1.Cc1ccc(C)cc1.Cc1ccc2c(c1)C1(c3cc(C)ccc3-2)c2cc(C(C)(C)C)ccc2-c2ccc(C(C)(C)C)cc21. The van der Waals surface area contributed by atoms with Gasteiger partial charge in [-0.3, -0.25) is 0 Å². The largest absolute Gasteiger partial charge is 0.0725 e. The van der Waals surface area contributed by atoms with Crippen molar-refractivity contribution in [3.8, 4) is 55.6 Å². The first-order chi connectivity index (χ1) is 64.1. The molecule has 1 spiro atoms. The number of rotatable bonds is 28. The second-order valence-corrected chi connectivity index (χ2v) is 43.0. The van der Waals surface area contributed by atoms with Gasteiger partial charge in [-0.05, 0) is 381 Å². The minimum atomic E-state index is -0.282. The molecule has 0 aromatic heterocycles. The Hall–Kier alpha value is -10.1. The number of aryl methyl sites for hydroxylation is 20. The lowest BCUT2D eigenvalue weighted by molar-refractivity contribution is 0.586. The van der Waals surface area contributed by atoms with E-state index in [0.717, 1.165) is 0 Å². The molecular formula is C134H170. The van der Waals surface area contributed by atoms with E-state index in [1.807, 2.05) is 0 Å². The fourth-order valence-electron chi connectivity index (χ4n) is 20.9. The average Bonchev–Trinajstić information content (AvgIpc) is 1.49. The van der Waals surface area contributed by atoms with E-state index in [-0.39, 0.29) is 21.7 Å². The summed E-state index contributed by atoms with van der Waals surface area (Å²) in [6.07, 6.45) is 33.1. The lowest BCUT2D eigenvalue weighted by Crippen LogP contribution is -2.27. The van der Waals surface area contributed by atoms with Crippen LogP contribution >= 0.6 is 0 Å². The molecule has 0 N–H and O–H groups in total. The molecule has 0 radical (unpaired) electrons. The predicted octanol–water partition coefficient (Wildman–Crippen LogP) is 39.0. The quantitative estimate of drug-likeness (QED) is 0.0429. The molecule has 134 heavy (non-hydrogen) atoms. The van der Waals surface area contributed by atoms with Crippen molar-refractivity contribution in [2.75, 3.05) is 0 Å². The van der Waals surface area contributed by atoms with Gasteiger partial charge in [0.15, 0.2) is 0 Å². The normalized spacial score (nSPS) is 12.6. The van der Waals surface area contributed by atoms with E-state index in [4.69, 9.17) is 0 Å². The third-order valence-electron chi connectivity index (χ3n) is 29.8. The maximum Gasteiger partial charge on any atom is 0.0725 e. The van der Waals surface area contributed by atoms with E-state index in [1.165, 1.54) is 361 Å². The highest BCUT2D eigenvalue weighted by Crippen LogP contribution is 2.64. The molecule has 13 aromatic rings. The van der Waals surface area contributed by atoms with Gasteiger partial charge in [-0.15, -0.1) is 0 Å². The Morgan fingerprint density at radius 2 is 0.493 bits per heavy atom. The number of hydrogen-bond acceptors (Lipinski definition) is 0. The lowest BCUT2D eigenvalue weighted by atomic mass is 9.68. The molecule has 0 saturated heterocycles. The van der Waals surface area contributed by atoms with Crippen LogP contribution in [-0.2, 0) is 53.8 Å². The summed E-state index contributed by atoms with van der Waals surface area (Å²) >= 11 is 0. The molecule has 0 atom stereocenters. The smallest absolute Gasteiger partial charge is 0.0654 e. The van der Waals surface area contributed by atoms with Crippen LogP contribution in [0.4, 0.5) is 0 Å². The van der Waals surface area contributed by atoms with Crippen LogP contribution in [0.15, 0.2) is 237 Å². The predicted molar refractivity (Wildman–Crippen MR) is 591 cm³/mol. The summed E-state index contributed by atoms with van der Waals surface area (Å²) in [5, 5.41) is 0. The monoisotopic (exact) mass is 1780 g/mol. The maximum absolute atomic E-state index is 2.56. The molecule has 0 bridgehead atoms. The molecule has 13 aromatic carbocycles. The van der Waals surface area contributed by atoms with Gasteiger partial charge in [0.1, 0.15) is 0 Å². The van der Waals surface area contributed by atoms with Crippen LogP contribution in [-0.4, -0.2) is 0 Å². The van der Waals surface area contributed by atoms with Gasteiger partial charge >= 0.3 is 0 Å². The van der Waals surface area contributed by atoms with Crippen LogP contribution in [0.1, 0.15) is 373 Å². The standard InChI is InChI=1S/C36H48.C35H36.C20H18.C20H34.C15H24.C8H10/c1-8-10-12-14-16-29-22-30(17-15-13-11-9-2)24-31(23-29)36(7)34-20-27(5)25(3)18-32(34)33-19-26(4)28(6)21-35(33)36;1-21-9-13-25-26-14-10-22(2)18-30(26)35(29(25)17-21)31-19-23(33(3,4)5)11-15-27(31)28-16-12-24(20-32(28)35)34(6,7)8;1-15-13-20(18-11-7-4-8-12-18)16(2)14-19(15)17-9-5-3-6-10-17;1-5-7-9-11-13-19-15-18(4)20(16-17(19)3)14-12-10-8-6-2;1-5-6-7-8-9-15-11-13(3)12(2)10-14(15)4;1-7-3-5-8(2)6-4-7/h18-24H,8-17H2,1-7H3;9-20H,1-8H3;3-14H,1-2H3;15-16H,5-14H2,1-4H3;10-11H,5-9H2,1-4H3;3-6H,1-2H3. The van der Waals surface area contributed by atoms with E-state index in [9.17, 15) is 0 Å². The van der Waals surface area contributed by atoms with Crippen LogP contribution in [0.25, 0.3) is 55.6 Å². The summed E-state index contributed by atoms with van der Waals surface area (Å²) in [5.41, 5.74) is 55.1. The molecule has 0 unspecified atom stereocenters. The average molecular weight is 1780 g/mol. The summed E-state index contributed by atoms with van der Waals surface area (Å²) in [5.74, 6) is 0. The molecule has 706 valence electrons. The fourth-order valence-corrected chi connectivity index (χ4v) is 20.9. The maximum atomic E-state index is 2.56. The van der Waals surface area contributed by atoms with Crippen LogP contribution in [0.5, 0.6) is 0 Å². The first-order valence-corrected chi connectivity index (χ1v) is 52.4. The van der Waals surface area contributed by atoms with E-state index in [1.54, 1.807) is 16.7 Å². The van der Waals surface area contributed by atoms with Gasteiger partial charge < -0.3 is 0 Å². The zero-order valence-electron chi connectivity index (χ0n) is 88.7. The number of benzene rings is 13. The molecule has 3 aliphatic carbocycles. The Balaban J connectivity index is 0.000000163. The van der Waals surface area contributed by atoms with Gasteiger partial charge in [0.05, 0.1) is 5.41 Å². The van der Waals surface area contributed by atoms with Crippen LogP contribution < -0.4 is 0 Å². The highest BCUT2D eigenvalue weighted by molar-refractivity contribution is 5.96. The van der Waals surface area contributed by atoms with E-state index in [0.29, 0.717) is 0 Å². The van der Waals surface area contributed by atoms with Crippen molar-refractivity contribution in [2.45, 2.75) is 369 Å². The second-order valence-electron chi connectivity index (χ2n) is 43.0. The summed E-state index contributed by atoms with van der Waals surface area (Å²) < 4.78 is 0. The Morgan fingerprint density at radius 1 is 0.209 bits per heavy atom. The summed E-state index contributed by atoms with van der Waals surface area (Å²) in [4.78, 5) is 0. The Kier molecular flexibility index (Phi) is 37.4. The summed E-state index contributed by atoms with van der Waals surface area (Å²) in [6, 6.07) is 90.1. The topological polar surface area (TPSA) is 0 Å². The van der Waals surface area contributed by atoms with Crippen molar-refractivity contribution < 1.29 is 0 Å². The molecule has 0 heterocycles. The molecule has 0 fully saturated rings. The number of fused-ring (bicyclic) bond motifs is 13. The minimum Gasteiger partial charge on any atom is -0.0654 e. The number of hydrogen-bond donors (Lipinski definition) is 0. The van der Waals surface area contributed by atoms with Crippen LogP contribution in [0.2, 0.25) is 0 Å². The lowest BCUT2D eigenvalue weighted by Gasteiger charge is -2.33. The Bertz CT molecular complexity index is 5700. The van der Waals surface area contributed by atoms with Gasteiger partial charge in [0, 0.05) is 5.41 Å². The third kappa shape index (κ3) is 25.6. The van der Waals surface area contributed by atoms with E-state index >= 15 is 0 Å². The van der Waals surface area contributed by atoms with Gasteiger partial charge in [-0.2, -0.15) is 0 Å². The zero-order chi connectivity index (χ0) is 96.8. The van der Waals surface area contributed by atoms with Gasteiger partial charge in [-0.1, -0.05) is 431 Å². The van der Waals surface area contributed by atoms with Crippen molar-refractivity contribution >= 4 is 0 Å². The molecular weight excluding hydrogens is 1610 g/mol. The molecule has 0 aliphatic heterocycles. The molecule has 0 saturated carbocycles. The third-order valence-corrected chi connectivity index (χ3v) is 29.8. The fraction of sp³-hybridized carbons (Fsp3) is 0.418. The highest BCUT2D eigenvalue weighted by atomic mass is 14.5. The molecule has 0 nitrogen and oxygen atoms in total. The van der Waals surface area contributed by atoms with Gasteiger partial charge in [0.25, 0.3) is 0 Å². The van der Waals surface area contributed by atoms with Crippen molar-refractivity contribution in [3.05, 3.63) is 398 Å². The highest BCUT2D eigenvalue weighted by Gasteiger charge is 2.53. The van der Waals surface area contributed by atoms with E-state index in [2.05, 4.69) is 424 Å².